The van der Waals surface area contributed by atoms with E-state index in [4.69, 9.17) is 4.42 Å². The average molecular weight is 302 g/mol. The number of furan rings is 1. The minimum Gasteiger partial charge on any atom is -0.467 e. The van der Waals surface area contributed by atoms with Crippen LogP contribution in [0.25, 0.3) is 0 Å². The van der Waals surface area contributed by atoms with Crippen molar-refractivity contribution in [3.63, 3.8) is 0 Å². The second-order valence-electron chi connectivity index (χ2n) is 4.32. The topological polar surface area (TPSA) is 123 Å². The maximum absolute atomic E-state index is 12.3. The van der Waals surface area contributed by atoms with Gasteiger partial charge in [0.2, 0.25) is 0 Å². The van der Waals surface area contributed by atoms with Crippen molar-refractivity contribution in [3.05, 3.63) is 69.1 Å². The number of H-pyrrole nitrogens is 1. The fourth-order valence-electron chi connectivity index (χ4n) is 1.84. The highest BCUT2D eigenvalue weighted by atomic mass is 16.5. The highest BCUT2D eigenvalue weighted by Crippen LogP contribution is 2.03. The molecule has 9 heteroatoms. The molecule has 3 heterocycles. The first kappa shape index (κ1) is 13.6. The fraction of sp³-hybridized carbons (Fsp3) is 0.0769. The molecule has 0 aliphatic heterocycles. The van der Waals surface area contributed by atoms with E-state index in [1.165, 1.54) is 18.6 Å². The Kier molecular flexibility index (Phi) is 3.44. The number of amides is 1. The van der Waals surface area contributed by atoms with Crippen LogP contribution >= 0.6 is 0 Å². The van der Waals surface area contributed by atoms with Gasteiger partial charge in [-0.2, -0.15) is 0 Å². The van der Waals surface area contributed by atoms with Crippen LogP contribution in [0.4, 0.5) is 5.82 Å². The van der Waals surface area contributed by atoms with E-state index in [9.17, 15) is 14.4 Å². The van der Waals surface area contributed by atoms with Gasteiger partial charge in [0.05, 0.1) is 12.8 Å². The van der Waals surface area contributed by atoms with Crippen molar-refractivity contribution in [2.75, 3.05) is 5.32 Å². The molecule has 0 unspecified atom stereocenters. The molecule has 0 radical (unpaired) electrons. The molecule has 0 spiro atoms. The Hall–Kier alpha value is -3.36. The Labute approximate surface area is 122 Å². The smallest absolute Gasteiger partial charge is 0.328 e. The van der Waals surface area contributed by atoms with Crippen LogP contribution in [0, 0.1) is 0 Å². The number of carbonyl (C=O) groups is 1. The van der Waals surface area contributed by atoms with Gasteiger partial charge in [0.15, 0.2) is 5.82 Å². The molecule has 22 heavy (non-hydrogen) atoms. The Morgan fingerprint density at radius 3 is 2.86 bits per heavy atom. The third-order valence-electron chi connectivity index (χ3n) is 2.88. The number of anilines is 1. The summed E-state index contributed by atoms with van der Waals surface area (Å²) in [5, 5.41) is 5.89. The summed E-state index contributed by atoms with van der Waals surface area (Å²) in [7, 11) is 0. The van der Waals surface area contributed by atoms with E-state index in [0.717, 1.165) is 10.8 Å². The lowest BCUT2D eigenvalue weighted by atomic mass is 10.3. The van der Waals surface area contributed by atoms with E-state index < -0.39 is 17.2 Å². The fourth-order valence-corrected chi connectivity index (χ4v) is 1.84. The zero-order valence-corrected chi connectivity index (χ0v) is 11.1. The summed E-state index contributed by atoms with van der Waals surface area (Å²) < 4.78 is 10.5. The van der Waals surface area contributed by atoms with Crippen molar-refractivity contribution in [3.8, 4) is 0 Å². The predicted octanol–water partition coefficient (Wildman–Crippen LogP) is 0.418. The number of nitrogens with zero attached hydrogens (tertiary/aromatic N) is 2. The van der Waals surface area contributed by atoms with Gasteiger partial charge in [-0.25, -0.2) is 4.79 Å². The van der Waals surface area contributed by atoms with Crippen LogP contribution in [0.15, 0.2) is 55.5 Å². The van der Waals surface area contributed by atoms with E-state index in [-0.39, 0.29) is 17.9 Å². The van der Waals surface area contributed by atoms with Crippen molar-refractivity contribution in [1.82, 2.24) is 14.7 Å². The number of nitrogens with one attached hydrogen (secondary N) is 2. The standard InChI is InChI=1S/C13H10N4O5/c18-11(15-10-3-5-22-16-10)9-6-14-13(20)17(12(9)19)7-8-2-1-4-21-8/h1-6H,7H2,(H,14,20)(H,15,16,18). The molecular formula is C13H10N4O5. The van der Waals surface area contributed by atoms with Crippen LogP contribution in [-0.4, -0.2) is 20.6 Å². The first-order valence-electron chi connectivity index (χ1n) is 6.22. The number of hydrogen-bond acceptors (Lipinski definition) is 6. The monoisotopic (exact) mass is 302 g/mol. The van der Waals surface area contributed by atoms with E-state index in [2.05, 4.69) is 20.0 Å². The van der Waals surface area contributed by atoms with E-state index in [0.29, 0.717) is 5.76 Å². The van der Waals surface area contributed by atoms with Crippen molar-refractivity contribution >= 4 is 11.7 Å². The van der Waals surface area contributed by atoms with Crippen LogP contribution in [0.1, 0.15) is 16.1 Å². The molecular weight excluding hydrogens is 292 g/mol. The van der Waals surface area contributed by atoms with Crippen LogP contribution in [-0.2, 0) is 6.54 Å². The first-order chi connectivity index (χ1) is 10.6. The molecule has 2 N–H and O–H groups in total. The summed E-state index contributed by atoms with van der Waals surface area (Å²) in [4.78, 5) is 38.4. The average Bonchev–Trinajstić information content (AvgIpc) is 3.16. The summed E-state index contributed by atoms with van der Waals surface area (Å²) in [6, 6.07) is 4.68. The third kappa shape index (κ3) is 2.59. The molecule has 9 nitrogen and oxygen atoms in total. The lowest BCUT2D eigenvalue weighted by Crippen LogP contribution is -2.39. The van der Waals surface area contributed by atoms with Crippen LogP contribution in [0.3, 0.4) is 0 Å². The third-order valence-corrected chi connectivity index (χ3v) is 2.88. The quantitative estimate of drug-likeness (QED) is 0.720. The molecule has 1 amide bonds. The van der Waals surface area contributed by atoms with Gasteiger partial charge in [0.1, 0.15) is 17.6 Å². The second-order valence-corrected chi connectivity index (χ2v) is 4.32. The van der Waals surface area contributed by atoms with E-state index in [1.54, 1.807) is 12.1 Å². The molecule has 0 aliphatic carbocycles. The predicted molar refractivity (Wildman–Crippen MR) is 73.6 cm³/mol. The number of hydrogen-bond donors (Lipinski definition) is 2. The van der Waals surface area contributed by atoms with Crippen LogP contribution < -0.4 is 16.6 Å². The van der Waals surface area contributed by atoms with Crippen molar-refractivity contribution < 1.29 is 13.7 Å². The molecule has 0 atom stereocenters. The number of carbonyl (C=O) groups excluding carboxylic acids is 1. The second kappa shape index (κ2) is 5.56. The maximum Gasteiger partial charge on any atom is 0.328 e. The minimum absolute atomic E-state index is 0.0771. The summed E-state index contributed by atoms with van der Waals surface area (Å²) in [6.07, 6.45) is 3.76. The highest BCUT2D eigenvalue weighted by Gasteiger charge is 2.16. The first-order valence-corrected chi connectivity index (χ1v) is 6.22. The summed E-state index contributed by atoms with van der Waals surface area (Å²) in [5.74, 6) is -0.127. The summed E-state index contributed by atoms with van der Waals surface area (Å²) in [5.41, 5.74) is -1.60. The minimum atomic E-state index is -0.735. The van der Waals surface area contributed by atoms with Gasteiger partial charge in [-0.15, -0.1) is 0 Å². The van der Waals surface area contributed by atoms with Crippen LogP contribution in [0.5, 0.6) is 0 Å². The molecule has 0 saturated heterocycles. The summed E-state index contributed by atoms with van der Waals surface area (Å²) in [6.45, 7) is -0.0771. The Morgan fingerprint density at radius 2 is 2.18 bits per heavy atom. The molecule has 3 rings (SSSR count). The molecule has 0 bridgehead atoms. The van der Waals surface area contributed by atoms with E-state index >= 15 is 0 Å². The van der Waals surface area contributed by atoms with Crippen molar-refractivity contribution in [2.45, 2.75) is 6.54 Å². The van der Waals surface area contributed by atoms with Gasteiger partial charge < -0.3 is 19.2 Å². The number of aromatic amines is 1. The van der Waals surface area contributed by atoms with Crippen molar-refractivity contribution in [1.29, 1.82) is 0 Å². The van der Waals surface area contributed by atoms with Gasteiger partial charge in [-0.1, -0.05) is 5.16 Å². The van der Waals surface area contributed by atoms with Gasteiger partial charge in [-0.3, -0.25) is 14.2 Å². The molecule has 0 aromatic carbocycles. The van der Waals surface area contributed by atoms with Crippen LogP contribution in [0.2, 0.25) is 0 Å². The lowest BCUT2D eigenvalue weighted by Gasteiger charge is -2.05. The molecule has 112 valence electrons. The lowest BCUT2D eigenvalue weighted by molar-refractivity contribution is 0.102. The largest absolute Gasteiger partial charge is 0.467 e. The molecule has 0 saturated carbocycles. The van der Waals surface area contributed by atoms with E-state index in [1.807, 2.05) is 0 Å². The van der Waals surface area contributed by atoms with Gasteiger partial charge >= 0.3 is 5.69 Å². The zero-order valence-electron chi connectivity index (χ0n) is 11.1. The van der Waals surface area contributed by atoms with Gasteiger partial charge in [-0.05, 0) is 12.1 Å². The molecule has 0 aliphatic rings. The SMILES string of the molecule is O=C(Nc1ccon1)c1c[nH]c(=O)n(Cc2ccco2)c1=O. The maximum atomic E-state index is 12.3. The van der Waals surface area contributed by atoms with Gasteiger partial charge in [0, 0.05) is 12.3 Å². The highest BCUT2D eigenvalue weighted by molar-refractivity contribution is 6.03. The number of aromatic nitrogens is 3. The molecule has 0 fully saturated rings. The van der Waals surface area contributed by atoms with Gasteiger partial charge in [0.25, 0.3) is 11.5 Å². The van der Waals surface area contributed by atoms with Crippen molar-refractivity contribution in [2.24, 2.45) is 0 Å². The zero-order chi connectivity index (χ0) is 15.5. The normalized spacial score (nSPS) is 10.5. The number of rotatable bonds is 4. The Bertz CT molecular complexity index is 889. The Balaban J connectivity index is 1.94. The molecule has 3 aromatic rings. The Morgan fingerprint density at radius 1 is 1.32 bits per heavy atom. The molecule has 3 aromatic heterocycles. The summed E-state index contributed by atoms with van der Waals surface area (Å²) >= 11 is 0.